The second kappa shape index (κ2) is 11.6. The normalized spacial score (nSPS) is 16.6. The first-order valence-electron chi connectivity index (χ1n) is 11.6. The number of amides is 3. The maximum Gasteiger partial charge on any atom is 0.247 e. The summed E-state index contributed by atoms with van der Waals surface area (Å²) in [5, 5.41) is 8.00. The predicted octanol–water partition coefficient (Wildman–Crippen LogP) is 3.83. The zero-order valence-electron chi connectivity index (χ0n) is 20.3. The Kier molecular flexibility index (Phi) is 8.79. The molecule has 1 saturated heterocycles. The van der Waals surface area contributed by atoms with Crippen LogP contribution >= 0.6 is 11.3 Å². The highest BCUT2D eigenvalue weighted by molar-refractivity contribution is 7.13. The summed E-state index contributed by atoms with van der Waals surface area (Å²) < 4.78 is 5.80. The van der Waals surface area contributed by atoms with Gasteiger partial charge in [-0.3, -0.25) is 14.4 Å². The number of carbonyl (C=O) groups is 3. The zero-order chi connectivity index (χ0) is 24.7. The number of hydrogen-bond acceptors (Lipinski definition) is 6. The van der Waals surface area contributed by atoms with Gasteiger partial charge in [0.05, 0.1) is 6.10 Å². The molecule has 1 aliphatic rings. The molecule has 0 aliphatic carbocycles. The number of nitrogens with one attached hydrogen (secondary N) is 2. The van der Waals surface area contributed by atoms with Gasteiger partial charge in [0.25, 0.3) is 0 Å². The summed E-state index contributed by atoms with van der Waals surface area (Å²) in [5.74, 6) is -0.805. The Labute approximate surface area is 205 Å². The molecule has 2 N–H and O–H groups in total. The molecule has 1 fully saturated rings. The van der Waals surface area contributed by atoms with E-state index in [1.165, 1.54) is 11.3 Å². The van der Waals surface area contributed by atoms with Crippen molar-refractivity contribution in [2.75, 3.05) is 18.5 Å². The minimum atomic E-state index is -0.821. The summed E-state index contributed by atoms with van der Waals surface area (Å²) in [7, 11) is 0. The fraction of sp³-hybridized carbons (Fsp3) is 0.520. The van der Waals surface area contributed by atoms with Gasteiger partial charge < -0.3 is 20.3 Å². The molecule has 2 heterocycles. The molecule has 3 amide bonds. The van der Waals surface area contributed by atoms with Crippen molar-refractivity contribution in [3.63, 3.8) is 0 Å². The van der Waals surface area contributed by atoms with E-state index in [4.69, 9.17) is 4.74 Å². The maximum atomic E-state index is 13.5. The summed E-state index contributed by atoms with van der Waals surface area (Å²) in [6.45, 7) is 8.64. The topological polar surface area (TPSA) is 101 Å². The number of hydrogen-bond donors (Lipinski definition) is 2. The Morgan fingerprint density at radius 3 is 2.53 bits per heavy atom. The van der Waals surface area contributed by atoms with Crippen molar-refractivity contribution in [2.45, 2.75) is 71.1 Å². The van der Waals surface area contributed by atoms with Crippen LogP contribution in [-0.2, 0) is 19.1 Å². The van der Waals surface area contributed by atoms with Crippen molar-refractivity contribution in [1.29, 1.82) is 0 Å². The Morgan fingerprint density at radius 1 is 1.21 bits per heavy atom. The van der Waals surface area contributed by atoms with E-state index < -0.39 is 11.6 Å². The van der Waals surface area contributed by atoms with E-state index in [9.17, 15) is 14.4 Å². The Bertz CT molecular complexity index is 964. The van der Waals surface area contributed by atoms with E-state index >= 15 is 0 Å². The molecule has 3 rings (SSSR count). The molecule has 1 aliphatic heterocycles. The van der Waals surface area contributed by atoms with Crippen LogP contribution in [0.1, 0.15) is 63.6 Å². The molecule has 0 bridgehead atoms. The Balaban J connectivity index is 1.83. The average molecular weight is 487 g/mol. The lowest BCUT2D eigenvalue weighted by molar-refractivity contribution is -0.143. The molecule has 8 nitrogen and oxygen atoms in total. The molecule has 0 saturated carbocycles. The smallest absolute Gasteiger partial charge is 0.247 e. The Hall–Kier alpha value is -2.78. The maximum absolute atomic E-state index is 13.5. The first-order chi connectivity index (χ1) is 16.1. The van der Waals surface area contributed by atoms with Crippen molar-refractivity contribution >= 4 is 34.2 Å². The van der Waals surface area contributed by atoms with E-state index in [0.717, 1.165) is 24.0 Å². The van der Waals surface area contributed by atoms with Crippen molar-refractivity contribution in [3.8, 4) is 0 Å². The number of carbonyl (C=O) groups excluding carboxylic acids is 3. The van der Waals surface area contributed by atoms with Gasteiger partial charge in [0.15, 0.2) is 5.13 Å². The quantitative estimate of drug-likeness (QED) is 0.561. The molecule has 1 aromatic heterocycles. The SMILES string of the molecule is Cc1ccc([C@@H](C(=O)NC(C)(C)C)N(C[C@H]2CCCO2)C(=O)CCC(=O)Nc2nccs2)cc1. The third kappa shape index (κ3) is 7.63. The van der Waals surface area contributed by atoms with Crippen molar-refractivity contribution in [1.82, 2.24) is 15.2 Å². The van der Waals surface area contributed by atoms with Crippen LogP contribution in [0.2, 0.25) is 0 Å². The first kappa shape index (κ1) is 25.8. The summed E-state index contributed by atoms with van der Waals surface area (Å²) >= 11 is 1.32. The van der Waals surface area contributed by atoms with Crippen molar-refractivity contribution in [2.24, 2.45) is 0 Å². The van der Waals surface area contributed by atoms with Crippen molar-refractivity contribution < 1.29 is 19.1 Å². The second-order valence-electron chi connectivity index (χ2n) is 9.62. The third-order valence-electron chi connectivity index (χ3n) is 5.44. The van der Waals surface area contributed by atoms with Crippen molar-refractivity contribution in [3.05, 3.63) is 47.0 Å². The molecule has 0 unspecified atom stereocenters. The highest BCUT2D eigenvalue weighted by Crippen LogP contribution is 2.27. The largest absolute Gasteiger partial charge is 0.376 e. The van der Waals surface area contributed by atoms with Crippen LogP contribution < -0.4 is 10.6 Å². The zero-order valence-corrected chi connectivity index (χ0v) is 21.1. The monoisotopic (exact) mass is 486 g/mol. The number of thiazole rings is 1. The number of rotatable bonds is 9. The predicted molar refractivity (Wildman–Crippen MR) is 132 cm³/mol. The number of anilines is 1. The lowest BCUT2D eigenvalue weighted by Crippen LogP contribution is -2.50. The molecular formula is C25H34N4O4S. The molecule has 34 heavy (non-hydrogen) atoms. The number of benzene rings is 1. The highest BCUT2D eigenvalue weighted by atomic mass is 32.1. The molecule has 0 radical (unpaired) electrons. The summed E-state index contributed by atoms with van der Waals surface area (Å²) in [6.07, 6.45) is 3.21. The molecule has 184 valence electrons. The van der Waals surface area contributed by atoms with Crippen LogP contribution in [0.4, 0.5) is 5.13 Å². The summed E-state index contributed by atoms with van der Waals surface area (Å²) in [5.41, 5.74) is 1.33. The van der Waals surface area contributed by atoms with Gasteiger partial charge in [0.1, 0.15) is 6.04 Å². The Morgan fingerprint density at radius 2 is 1.94 bits per heavy atom. The van der Waals surface area contributed by atoms with Crippen LogP contribution in [0.3, 0.4) is 0 Å². The van der Waals surface area contributed by atoms with Gasteiger partial charge in [0, 0.05) is 43.1 Å². The molecule has 9 heteroatoms. The third-order valence-corrected chi connectivity index (χ3v) is 6.13. The van der Waals surface area contributed by atoms with Crippen LogP contribution in [0.5, 0.6) is 0 Å². The minimum Gasteiger partial charge on any atom is -0.376 e. The lowest BCUT2D eigenvalue weighted by atomic mass is 9.99. The summed E-state index contributed by atoms with van der Waals surface area (Å²) in [6, 6.07) is 6.81. The molecular weight excluding hydrogens is 452 g/mol. The van der Waals surface area contributed by atoms with E-state index in [1.807, 2.05) is 52.0 Å². The number of nitrogens with zero attached hydrogens (tertiary/aromatic N) is 2. The van der Waals surface area contributed by atoms with Gasteiger partial charge in [-0.25, -0.2) is 4.98 Å². The standard InChI is InChI=1S/C25H34N4O4S/c1-17-7-9-18(10-8-17)22(23(32)28-25(2,3)4)29(16-19-6-5-14-33-19)21(31)12-11-20(30)27-24-26-13-15-34-24/h7-10,13,15,19,22H,5-6,11-12,14,16H2,1-4H3,(H,28,32)(H,26,27,30)/t19-,22+/m1/s1. The van der Waals surface area contributed by atoms with Gasteiger partial charge in [0.2, 0.25) is 17.7 Å². The van der Waals surface area contributed by atoms with E-state index in [0.29, 0.717) is 18.3 Å². The first-order valence-corrected chi connectivity index (χ1v) is 12.5. The molecule has 2 atom stereocenters. The number of aryl methyl sites for hydroxylation is 1. The van der Waals surface area contributed by atoms with E-state index in [1.54, 1.807) is 16.5 Å². The van der Waals surface area contributed by atoms with Crippen LogP contribution in [-0.4, -0.2) is 52.4 Å². The number of aromatic nitrogens is 1. The second-order valence-corrected chi connectivity index (χ2v) is 10.5. The van der Waals surface area contributed by atoms with Gasteiger partial charge in [-0.2, -0.15) is 0 Å². The lowest BCUT2D eigenvalue weighted by Gasteiger charge is -2.35. The fourth-order valence-corrected chi connectivity index (χ4v) is 4.39. The van der Waals surface area contributed by atoms with Gasteiger partial charge in [-0.15, -0.1) is 11.3 Å². The minimum absolute atomic E-state index is 0.00193. The van der Waals surface area contributed by atoms with Gasteiger partial charge in [-0.1, -0.05) is 29.8 Å². The average Bonchev–Trinajstić information content (AvgIpc) is 3.46. The molecule has 0 spiro atoms. The summed E-state index contributed by atoms with van der Waals surface area (Å²) in [4.78, 5) is 45.0. The van der Waals surface area contributed by atoms with Gasteiger partial charge in [-0.05, 0) is 46.1 Å². The molecule has 1 aromatic carbocycles. The highest BCUT2D eigenvalue weighted by Gasteiger charge is 2.35. The van der Waals surface area contributed by atoms with Crippen LogP contribution in [0, 0.1) is 6.92 Å². The van der Waals surface area contributed by atoms with Gasteiger partial charge >= 0.3 is 0 Å². The van der Waals surface area contributed by atoms with Crippen LogP contribution in [0.15, 0.2) is 35.8 Å². The van der Waals surface area contributed by atoms with E-state index in [2.05, 4.69) is 15.6 Å². The number of ether oxygens (including phenoxy) is 1. The fourth-order valence-electron chi connectivity index (χ4n) is 3.85. The molecule has 2 aromatic rings. The van der Waals surface area contributed by atoms with Crippen LogP contribution in [0.25, 0.3) is 0 Å². The van der Waals surface area contributed by atoms with E-state index in [-0.39, 0.29) is 36.7 Å².